The number of benzene rings is 1. The minimum atomic E-state index is 0.203. The summed E-state index contributed by atoms with van der Waals surface area (Å²) in [6.07, 6.45) is 7.91. The number of carbonyl (C=O) groups is 1. The zero-order valence-corrected chi connectivity index (χ0v) is 18.7. The van der Waals surface area contributed by atoms with Crippen molar-refractivity contribution in [2.45, 2.75) is 69.5 Å². The number of hydrogen-bond acceptors (Lipinski definition) is 6. The molecule has 0 radical (unpaired) electrons. The van der Waals surface area contributed by atoms with Crippen molar-refractivity contribution >= 4 is 5.91 Å². The van der Waals surface area contributed by atoms with E-state index < -0.39 is 0 Å². The Morgan fingerprint density at radius 2 is 1.94 bits per heavy atom. The number of tetrazole rings is 1. The Hall–Kier alpha value is -2.32. The Bertz CT molecular complexity index is 877. The number of hydrogen-bond donors (Lipinski definition) is 3. The fourth-order valence-electron chi connectivity index (χ4n) is 5.67. The van der Waals surface area contributed by atoms with Crippen molar-refractivity contribution < 1.29 is 4.79 Å². The van der Waals surface area contributed by atoms with Crippen molar-refractivity contribution in [1.82, 2.24) is 36.2 Å². The van der Waals surface area contributed by atoms with E-state index in [0.29, 0.717) is 18.3 Å². The lowest BCUT2D eigenvalue weighted by molar-refractivity contribution is -0.122. The highest BCUT2D eigenvalue weighted by molar-refractivity contribution is 5.76. The van der Waals surface area contributed by atoms with Gasteiger partial charge >= 0.3 is 0 Å². The molecule has 172 valence electrons. The topological polar surface area (TPSA) is 96.8 Å². The number of amides is 1. The summed E-state index contributed by atoms with van der Waals surface area (Å²) < 4.78 is 0. The first-order chi connectivity index (χ1) is 15.7. The highest BCUT2D eigenvalue weighted by Gasteiger charge is 2.32. The average molecular weight is 438 g/mol. The second-order valence-corrected chi connectivity index (χ2v) is 9.80. The molecule has 1 aromatic carbocycles. The molecule has 1 saturated carbocycles. The molecule has 1 aliphatic carbocycles. The third kappa shape index (κ3) is 5.18. The van der Waals surface area contributed by atoms with Gasteiger partial charge in [0, 0.05) is 24.1 Å². The van der Waals surface area contributed by atoms with E-state index in [2.05, 4.69) is 31.4 Å². The van der Waals surface area contributed by atoms with Gasteiger partial charge in [0.25, 0.3) is 0 Å². The maximum Gasteiger partial charge on any atom is 0.220 e. The van der Waals surface area contributed by atoms with Gasteiger partial charge in [0.15, 0.2) is 0 Å². The van der Waals surface area contributed by atoms with Crippen molar-refractivity contribution in [1.29, 1.82) is 0 Å². The summed E-state index contributed by atoms with van der Waals surface area (Å²) >= 11 is 0. The second-order valence-electron chi connectivity index (χ2n) is 9.80. The molecule has 2 aliphatic heterocycles. The van der Waals surface area contributed by atoms with Crippen molar-refractivity contribution in [3.63, 3.8) is 0 Å². The number of fused-ring (bicyclic) bond motifs is 2. The van der Waals surface area contributed by atoms with Gasteiger partial charge in [-0.1, -0.05) is 30.3 Å². The van der Waals surface area contributed by atoms with Crippen LogP contribution in [0.5, 0.6) is 0 Å². The van der Waals surface area contributed by atoms with Gasteiger partial charge in [-0.15, -0.1) is 10.2 Å². The molecule has 0 spiro atoms. The van der Waals surface area contributed by atoms with Gasteiger partial charge in [-0.2, -0.15) is 4.80 Å². The third-order valence-corrected chi connectivity index (χ3v) is 7.48. The molecule has 5 rings (SSSR count). The van der Waals surface area contributed by atoms with E-state index in [1.54, 1.807) is 4.80 Å². The predicted octanol–water partition coefficient (Wildman–Crippen LogP) is 2.31. The van der Waals surface area contributed by atoms with Gasteiger partial charge < -0.3 is 16.0 Å². The molecular formula is C24H35N7O. The second kappa shape index (κ2) is 10.1. The van der Waals surface area contributed by atoms with E-state index in [0.717, 1.165) is 75.6 Å². The molecule has 0 unspecified atom stereocenters. The minimum Gasteiger partial charge on any atom is -0.353 e. The number of nitrogens with zero attached hydrogens (tertiary/aromatic N) is 4. The minimum absolute atomic E-state index is 0.203. The quantitative estimate of drug-likeness (QED) is 0.615. The third-order valence-electron chi connectivity index (χ3n) is 7.48. The van der Waals surface area contributed by atoms with Gasteiger partial charge in [0.1, 0.15) is 0 Å². The number of carbonyl (C=O) groups excluding carboxylic acids is 1. The normalized spacial score (nSPS) is 30.1. The van der Waals surface area contributed by atoms with Crippen molar-refractivity contribution in [2.24, 2.45) is 11.8 Å². The Kier molecular flexibility index (Phi) is 6.78. The van der Waals surface area contributed by atoms with Crippen LogP contribution in [-0.4, -0.2) is 57.8 Å². The van der Waals surface area contributed by atoms with Crippen LogP contribution >= 0.6 is 0 Å². The van der Waals surface area contributed by atoms with Gasteiger partial charge in [-0.25, -0.2) is 0 Å². The lowest BCUT2D eigenvalue weighted by Gasteiger charge is -2.41. The number of piperidine rings is 2. The molecule has 32 heavy (non-hydrogen) atoms. The van der Waals surface area contributed by atoms with Crippen LogP contribution in [0.25, 0.3) is 11.4 Å². The molecule has 2 saturated heterocycles. The van der Waals surface area contributed by atoms with Gasteiger partial charge in [0.05, 0.1) is 6.04 Å². The molecule has 8 nitrogen and oxygen atoms in total. The summed E-state index contributed by atoms with van der Waals surface area (Å²) in [5, 5.41) is 23.6. The number of aromatic nitrogens is 4. The van der Waals surface area contributed by atoms with Crippen LogP contribution in [0, 0.1) is 11.8 Å². The van der Waals surface area contributed by atoms with Crippen LogP contribution in [0.15, 0.2) is 30.3 Å². The molecule has 3 heterocycles. The first kappa shape index (κ1) is 21.5. The summed E-state index contributed by atoms with van der Waals surface area (Å²) in [6, 6.07) is 11.1. The van der Waals surface area contributed by atoms with E-state index in [1.165, 1.54) is 6.42 Å². The lowest BCUT2D eigenvalue weighted by Crippen LogP contribution is -2.54. The molecule has 8 heteroatoms. The highest BCUT2D eigenvalue weighted by atomic mass is 16.1. The molecule has 2 bridgehead atoms. The summed E-state index contributed by atoms with van der Waals surface area (Å²) in [7, 11) is 0. The first-order valence-corrected chi connectivity index (χ1v) is 12.3. The first-order valence-electron chi connectivity index (χ1n) is 12.3. The molecular weight excluding hydrogens is 402 g/mol. The highest BCUT2D eigenvalue weighted by Crippen LogP contribution is 2.29. The molecule has 3 N–H and O–H groups in total. The van der Waals surface area contributed by atoms with E-state index in [-0.39, 0.29) is 18.0 Å². The standard InChI is InChI=1S/C24H35N7O/c32-23(8-4-7-22-19-13-17(15-26-22)14-25-16-19)27-20-9-11-21(12-10-20)31-29-24(28-30-31)18-5-2-1-3-6-18/h1-3,5-6,17,19-22,25-26H,4,7-16H2,(H,27,32)/t17-,19+,20?,21?,22-/m0/s1. The van der Waals surface area contributed by atoms with E-state index in [4.69, 9.17) is 0 Å². The van der Waals surface area contributed by atoms with Crippen molar-refractivity contribution in [2.75, 3.05) is 19.6 Å². The molecule has 3 atom stereocenters. The smallest absolute Gasteiger partial charge is 0.220 e. The van der Waals surface area contributed by atoms with Crippen LogP contribution in [0.2, 0.25) is 0 Å². The van der Waals surface area contributed by atoms with Crippen LogP contribution in [-0.2, 0) is 4.79 Å². The molecule has 1 aromatic heterocycles. The molecule has 3 aliphatic rings. The summed E-state index contributed by atoms with van der Waals surface area (Å²) in [4.78, 5) is 14.3. The summed E-state index contributed by atoms with van der Waals surface area (Å²) in [5.74, 6) is 2.40. The molecule has 3 fully saturated rings. The Morgan fingerprint density at radius 3 is 2.78 bits per heavy atom. The Morgan fingerprint density at radius 1 is 1.09 bits per heavy atom. The zero-order valence-electron chi connectivity index (χ0n) is 18.7. The van der Waals surface area contributed by atoms with Gasteiger partial charge in [-0.3, -0.25) is 4.79 Å². The molecule has 2 aromatic rings. The van der Waals surface area contributed by atoms with E-state index in [1.807, 2.05) is 30.3 Å². The fraction of sp³-hybridized carbons (Fsp3) is 0.667. The number of nitrogens with one attached hydrogen (secondary N) is 3. The largest absolute Gasteiger partial charge is 0.353 e. The monoisotopic (exact) mass is 437 g/mol. The van der Waals surface area contributed by atoms with Crippen molar-refractivity contribution in [3.05, 3.63) is 30.3 Å². The van der Waals surface area contributed by atoms with Gasteiger partial charge in [-0.05, 0) is 81.6 Å². The van der Waals surface area contributed by atoms with Crippen molar-refractivity contribution in [3.8, 4) is 11.4 Å². The maximum atomic E-state index is 12.5. The van der Waals surface area contributed by atoms with E-state index in [9.17, 15) is 4.79 Å². The van der Waals surface area contributed by atoms with Crippen LogP contribution in [0.3, 0.4) is 0 Å². The Balaban J connectivity index is 1.02. The molecule has 1 amide bonds. The Labute approximate surface area is 189 Å². The van der Waals surface area contributed by atoms with Crippen LogP contribution in [0.4, 0.5) is 0 Å². The summed E-state index contributed by atoms with van der Waals surface area (Å²) in [5.41, 5.74) is 0.989. The predicted molar refractivity (Wildman–Crippen MR) is 123 cm³/mol. The summed E-state index contributed by atoms with van der Waals surface area (Å²) in [6.45, 7) is 3.40. The maximum absolute atomic E-state index is 12.5. The lowest BCUT2D eigenvalue weighted by atomic mass is 9.80. The fourth-order valence-corrected chi connectivity index (χ4v) is 5.67. The zero-order chi connectivity index (χ0) is 21.8. The van der Waals surface area contributed by atoms with Crippen LogP contribution in [0.1, 0.15) is 57.4 Å². The van der Waals surface area contributed by atoms with Crippen LogP contribution < -0.4 is 16.0 Å². The number of rotatable bonds is 7. The van der Waals surface area contributed by atoms with Gasteiger partial charge in [0.2, 0.25) is 11.7 Å². The SMILES string of the molecule is O=C(CCC[C@@H]1NC[C@@H]2CNC[C@H]1C2)NC1CCC(n2nnc(-c3ccccc3)n2)CC1. The average Bonchev–Trinajstić information content (AvgIpc) is 3.32. The van der Waals surface area contributed by atoms with E-state index >= 15 is 0 Å².